The lowest BCUT2D eigenvalue weighted by atomic mass is 10.1. The molecule has 0 unspecified atom stereocenters. The smallest absolute Gasteiger partial charge is 0.314 e. The van der Waals surface area contributed by atoms with Gasteiger partial charge in [0, 0.05) is 26.2 Å². The van der Waals surface area contributed by atoms with Gasteiger partial charge in [0.25, 0.3) is 0 Å². The number of hydrogen-bond acceptors (Lipinski definition) is 2. The molecule has 2 rings (SSSR count). The van der Waals surface area contributed by atoms with Gasteiger partial charge in [-0.2, -0.15) is 13.2 Å². The van der Waals surface area contributed by atoms with Gasteiger partial charge in [-0.25, -0.2) is 0 Å². The van der Waals surface area contributed by atoms with Crippen LogP contribution in [0.2, 0.25) is 0 Å². The van der Waals surface area contributed by atoms with E-state index in [1.165, 1.54) is 4.90 Å². The highest BCUT2D eigenvalue weighted by Crippen LogP contribution is 2.26. The number of benzene rings is 1. The van der Waals surface area contributed by atoms with Crippen molar-refractivity contribution in [1.29, 1.82) is 0 Å². The molecule has 1 fully saturated rings. The molecule has 2 nitrogen and oxygen atoms in total. The zero-order chi connectivity index (χ0) is 12.3. The van der Waals surface area contributed by atoms with E-state index < -0.39 is 12.2 Å². The molecule has 0 bridgehead atoms. The van der Waals surface area contributed by atoms with E-state index in [0.29, 0.717) is 19.6 Å². The van der Waals surface area contributed by atoms with Gasteiger partial charge in [0.15, 0.2) is 0 Å². The second-order valence-corrected chi connectivity index (χ2v) is 4.22. The van der Waals surface area contributed by atoms with Crippen LogP contribution in [0.1, 0.15) is 5.56 Å². The van der Waals surface area contributed by atoms with Gasteiger partial charge in [-0.1, -0.05) is 30.3 Å². The van der Waals surface area contributed by atoms with E-state index in [0.717, 1.165) is 5.56 Å². The van der Waals surface area contributed by atoms with E-state index in [9.17, 15) is 13.2 Å². The lowest BCUT2D eigenvalue weighted by molar-refractivity contribution is -0.188. The van der Waals surface area contributed by atoms with Gasteiger partial charge in [0.1, 0.15) is 6.04 Å². The summed E-state index contributed by atoms with van der Waals surface area (Å²) in [5.41, 5.74) is 0.920. The van der Waals surface area contributed by atoms with Crippen molar-refractivity contribution < 1.29 is 13.2 Å². The highest BCUT2D eigenvalue weighted by molar-refractivity contribution is 5.14. The number of nitrogens with zero attached hydrogens (tertiary/aromatic N) is 1. The van der Waals surface area contributed by atoms with Crippen molar-refractivity contribution in [3.8, 4) is 0 Å². The maximum Gasteiger partial charge on any atom is 0.405 e. The van der Waals surface area contributed by atoms with Crippen molar-refractivity contribution in [1.82, 2.24) is 10.2 Å². The Kier molecular flexibility index (Phi) is 3.69. The van der Waals surface area contributed by atoms with Crippen LogP contribution in [0, 0.1) is 0 Å². The standard InChI is InChI=1S/C12H15F3N2/c13-12(14,15)11-8-16-6-7-17(11)9-10-4-2-1-3-5-10/h1-5,11,16H,6-9H2/t11-/m1/s1. The van der Waals surface area contributed by atoms with Crippen LogP contribution >= 0.6 is 0 Å². The quantitative estimate of drug-likeness (QED) is 0.856. The molecule has 1 heterocycles. The lowest BCUT2D eigenvalue weighted by Gasteiger charge is -2.37. The molecular formula is C12H15F3N2. The van der Waals surface area contributed by atoms with Crippen LogP contribution in [-0.4, -0.2) is 36.8 Å². The third kappa shape index (κ3) is 3.20. The summed E-state index contributed by atoms with van der Waals surface area (Å²) in [6.07, 6.45) is -4.16. The van der Waals surface area contributed by atoms with Crippen molar-refractivity contribution in [3.63, 3.8) is 0 Å². The number of halogens is 3. The van der Waals surface area contributed by atoms with Crippen LogP contribution in [-0.2, 0) is 6.54 Å². The SMILES string of the molecule is FC(F)(F)[C@H]1CNCCN1Cc1ccccc1. The fourth-order valence-electron chi connectivity index (χ4n) is 2.08. The van der Waals surface area contributed by atoms with E-state index in [-0.39, 0.29) is 6.54 Å². The van der Waals surface area contributed by atoms with Crippen LogP contribution in [0.25, 0.3) is 0 Å². The van der Waals surface area contributed by atoms with Crippen molar-refractivity contribution in [2.75, 3.05) is 19.6 Å². The summed E-state index contributed by atoms with van der Waals surface area (Å²) in [4.78, 5) is 1.49. The molecule has 0 aliphatic carbocycles. The van der Waals surface area contributed by atoms with E-state index >= 15 is 0 Å². The van der Waals surface area contributed by atoms with Gasteiger partial charge < -0.3 is 5.32 Å². The Morgan fingerprint density at radius 1 is 1.24 bits per heavy atom. The largest absolute Gasteiger partial charge is 0.405 e. The molecule has 17 heavy (non-hydrogen) atoms. The molecule has 1 saturated heterocycles. The molecule has 0 amide bonds. The molecule has 1 atom stereocenters. The Morgan fingerprint density at radius 2 is 1.94 bits per heavy atom. The second kappa shape index (κ2) is 5.06. The number of piperazine rings is 1. The van der Waals surface area contributed by atoms with Gasteiger partial charge in [-0.15, -0.1) is 0 Å². The zero-order valence-corrected chi connectivity index (χ0v) is 9.37. The van der Waals surface area contributed by atoms with Crippen LogP contribution in [0.5, 0.6) is 0 Å². The van der Waals surface area contributed by atoms with Crippen molar-refractivity contribution in [2.24, 2.45) is 0 Å². The first-order chi connectivity index (χ1) is 8.07. The molecule has 1 aromatic carbocycles. The first kappa shape index (κ1) is 12.4. The molecule has 1 aliphatic heterocycles. The first-order valence-corrected chi connectivity index (χ1v) is 5.63. The third-order valence-corrected chi connectivity index (χ3v) is 2.96. The van der Waals surface area contributed by atoms with Crippen LogP contribution < -0.4 is 5.32 Å². The summed E-state index contributed by atoms with van der Waals surface area (Å²) in [5, 5.41) is 2.80. The van der Waals surface area contributed by atoms with E-state index in [1.54, 1.807) is 0 Å². The summed E-state index contributed by atoms with van der Waals surface area (Å²) in [7, 11) is 0. The number of hydrogen-bond donors (Lipinski definition) is 1. The average Bonchev–Trinajstić information content (AvgIpc) is 2.30. The normalized spacial score (nSPS) is 22.6. The summed E-state index contributed by atoms with van der Waals surface area (Å²) < 4.78 is 38.4. The first-order valence-electron chi connectivity index (χ1n) is 5.63. The fraction of sp³-hybridized carbons (Fsp3) is 0.500. The molecule has 94 valence electrons. The fourth-order valence-corrected chi connectivity index (χ4v) is 2.08. The minimum absolute atomic E-state index is 0.0175. The van der Waals surface area contributed by atoms with E-state index in [4.69, 9.17) is 0 Å². The molecule has 1 aliphatic rings. The molecule has 1 aromatic rings. The number of alkyl halides is 3. The molecule has 0 aromatic heterocycles. The molecule has 0 spiro atoms. The summed E-state index contributed by atoms with van der Waals surface area (Å²) >= 11 is 0. The Hall–Kier alpha value is -1.07. The van der Waals surface area contributed by atoms with Crippen molar-refractivity contribution in [2.45, 2.75) is 18.8 Å². The molecular weight excluding hydrogens is 229 g/mol. The van der Waals surface area contributed by atoms with Crippen molar-refractivity contribution >= 4 is 0 Å². The monoisotopic (exact) mass is 244 g/mol. The van der Waals surface area contributed by atoms with E-state index in [2.05, 4.69) is 5.32 Å². The van der Waals surface area contributed by atoms with Gasteiger partial charge in [-0.05, 0) is 5.56 Å². The molecule has 5 heteroatoms. The molecule has 0 radical (unpaired) electrons. The van der Waals surface area contributed by atoms with Gasteiger partial charge in [0.05, 0.1) is 0 Å². The van der Waals surface area contributed by atoms with Crippen LogP contribution in [0.15, 0.2) is 30.3 Å². The summed E-state index contributed by atoms with van der Waals surface area (Å²) in [5.74, 6) is 0. The van der Waals surface area contributed by atoms with Gasteiger partial charge in [0.2, 0.25) is 0 Å². The average molecular weight is 244 g/mol. The van der Waals surface area contributed by atoms with Crippen molar-refractivity contribution in [3.05, 3.63) is 35.9 Å². The van der Waals surface area contributed by atoms with Gasteiger partial charge in [-0.3, -0.25) is 4.90 Å². The maximum absolute atomic E-state index is 12.8. The Morgan fingerprint density at radius 3 is 2.59 bits per heavy atom. The zero-order valence-electron chi connectivity index (χ0n) is 9.37. The van der Waals surface area contributed by atoms with Gasteiger partial charge >= 0.3 is 6.18 Å². The van der Waals surface area contributed by atoms with E-state index in [1.807, 2.05) is 30.3 Å². The second-order valence-electron chi connectivity index (χ2n) is 4.22. The lowest BCUT2D eigenvalue weighted by Crippen LogP contribution is -2.57. The summed E-state index contributed by atoms with van der Waals surface area (Å²) in [6, 6.07) is 7.89. The molecule has 1 N–H and O–H groups in total. The predicted octanol–water partition coefficient (Wildman–Crippen LogP) is 2.02. The highest BCUT2D eigenvalue weighted by atomic mass is 19.4. The Balaban J connectivity index is 2.07. The minimum Gasteiger partial charge on any atom is -0.314 e. The summed E-state index contributed by atoms with van der Waals surface area (Å²) in [6.45, 7) is 1.38. The highest BCUT2D eigenvalue weighted by Gasteiger charge is 2.44. The van der Waals surface area contributed by atoms with Crippen LogP contribution in [0.4, 0.5) is 13.2 Å². The number of nitrogens with one attached hydrogen (secondary N) is 1. The third-order valence-electron chi connectivity index (χ3n) is 2.96. The Bertz CT molecular complexity index is 351. The minimum atomic E-state index is -4.16. The predicted molar refractivity (Wildman–Crippen MR) is 59.6 cm³/mol. The topological polar surface area (TPSA) is 15.3 Å². The maximum atomic E-state index is 12.8. The Labute approximate surface area is 98.4 Å². The van der Waals surface area contributed by atoms with Crippen LogP contribution in [0.3, 0.4) is 0 Å². The number of rotatable bonds is 2. The molecule has 0 saturated carbocycles.